The smallest absolute Gasteiger partial charge is 0.157 e. The van der Waals surface area contributed by atoms with Gasteiger partial charge in [-0.25, -0.2) is 0 Å². The van der Waals surface area contributed by atoms with Crippen molar-refractivity contribution in [3.05, 3.63) is 30.4 Å². The molecule has 2 aromatic rings. The van der Waals surface area contributed by atoms with Crippen LogP contribution in [0.2, 0.25) is 0 Å². The molecule has 2 heterocycles. The van der Waals surface area contributed by atoms with Crippen LogP contribution in [0.3, 0.4) is 0 Å². The van der Waals surface area contributed by atoms with Crippen LogP contribution < -0.4 is 4.74 Å². The van der Waals surface area contributed by atoms with E-state index in [0.29, 0.717) is 18.7 Å². The van der Waals surface area contributed by atoms with E-state index < -0.39 is 0 Å². The number of ether oxygens (including phenoxy) is 1. The lowest BCUT2D eigenvalue weighted by molar-refractivity contribution is 0.297. The molecule has 0 bridgehead atoms. The van der Waals surface area contributed by atoms with Gasteiger partial charge in [-0.1, -0.05) is 6.92 Å². The Labute approximate surface area is 114 Å². The van der Waals surface area contributed by atoms with E-state index in [2.05, 4.69) is 37.9 Å². The zero-order valence-electron chi connectivity index (χ0n) is 12.1. The number of nitrogens with zero attached hydrogens (tertiary/aromatic N) is 4. The maximum atomic E-state index is 5.69. The Hall–Kier alpha value is -1.78. The molecule has 104 valence electrons. The summed E-state index contributed by atoms with van der Waals surface area (Å²) in [6.45, 7) is 8.97. The van der Waals surface area contributed by atoms with Crippen molar-refractivity contribution in [2.24, 2.45) is 0 Å². The zero-order valence-corrected chi connectivity index (χ0v) is 12.1. The predicted octanol–water partition coefficient (Wildman–Crippen LogP) is 3.21. The number of aromatic nitrogens is 4. The molecule has 0 saturated heterocycles. The summed E-state index contributed by atoms with van der Waals surface area (Å²) >= 11 is 0. The lowest BCUT2D eigenvalue weighted by Crippen LogP contribution is -2.05. The Morgan fingerprint density at radius 3 is 2.68 bits per heavy atom. The predicted molar refractivity (Wildman–Crippen MR) is 74.2 cm³/mol. The van der Waals surface area contributed by atoms with Crippen LogP contribution in [0.25, 0.3) is 0 Å². The summed E-state index contributed by atoms with van der Waals surface area (Å²) in [5.74, 6) is 0.784. The first-order chi connectivity index (χ1) is 9.10. The summed E-state index contributed by atoms with van der Waals surface area (Å²) in [5.41, 5.74) is 0.942. The van der Waals surface area contributed by atoms with Gasteiger partial charge in [-0.05, 0) is 33.3 Å². The second-order valence-electron chi connectivity index (χ2n) is 5.08. The average molecular weight is 262 g/mol. The number of rotatable bonds is 6. The Morgan fingerprint density at radius 1 is 1.26 bits per heavy atom. The van der Waals surface area contributed by atoms with Gasteiger partial charge in [-0.2, -0.15) is 10.2 Å². The van der Waals surface area contributed by atoms with Crippen LogP contribution in [-0.4, -0.2) is 19.6 Å². The highest BCUT2D eigenvalue weighted by molar-refractivity contribution is 5.13. The Balaban J connectivity index is 1.92. The first kappa shape index (κ1) is 13.6. The molecule has 1 atom stereocenters. The van der Waals surface area contributed by atoms with E-state index in [1.54, 1.807) is 6.20 Å². The molecule has 0 aromatic carbocycles. The summed E-state index contributed by atoms with van der Waals surface area (Å²) in [6.07, 6.45) is 6.73. The monoisotopic (exact) mass is 262 g/mol. The highest BCUT2D eigenvalue weighted by atomic mass is 16.5. The van der Waals surface area contributed by atoms with Gasteiger partial charge in [0.25, 0.3) is 0 Å². The Kier molecular flexibility index (Phi) is 4.24. The van der Waals surface area contributed by atoms with E-state index in [1.165, 1.54) is 0 Å². The van der Waals surface area contributed by atoms with Crippen molar-refractivity contribution < 1.29 is 4.74 Å². The van der Waals surface area contributed by atoms with Gasteiger partial charge in [-0.15, -0.1) is 0 Å². The highest BCUT2D eigenvalue weighted by Crippen LogP contribution is 2.15. The molecule has 0 aliphatic heterocycles. The fourth-order valence-electron chi connectivity index (χ4n) is 1.72. The van der Waals surface area contributed by atoms with Crippen molar-refractivity contribution in [1.29, 1.82) is 0 Å². The zero-order chi connectivity index (χ0) is 13.8. The van der Waals surface area contributed by atoms with Crippen molar-refractivity contribution in [2.45, 2.75) is 52.8 Å². The van der Waals surface area contributed by atoms with E-state index in [-0.39, 0.29) is 0 Å². The molecule has 0 radical (unpaired) electrons. The average Bonchev–Trinajstić information content (AvgIpc) is 3.04. The van der Waals surface area contributed by atoms with Crippen molar-refractivity contribution in [2.75, 3.05) is 0 Å². The summed E-state index contributed by atoms with van der Waals surface area (Å²) < 4.78 is 9.55. The molecule has 0 fully saturated rings. The van der Waals surface area contributed by atoms with E-state index in [9.17, 15) is 0 Å². The van der Waals surface area contributed by atoms with Gasteiger partial charge in [-0.3, -0.25) is 9.36 Å². The molecule has 19 heavy (non-hydrogen) atoms. The number of hydrogen-bond donors (Lipinski definition) is 0. The minimum Gasteiger partial charge on any atom is -0.484 e. The van der Waals surface area contributed by atoms with Crippen LogP contribution in [0.15, 0.2) is 24.7 Å². The second kappa shape index (κ2) is 5.91. The highest BCUT2D eigenvalue weighted by Gasteiger charge is 2.06. The summed E-state index contributed by atoms with van der Waals surface area (Å²) in [5, 5.41) is 8.74. The van der Waals surface area contributed by atoms with Gasteiger partial charge in [0.05, 0.1) is 18.1 Å². The molecule has 0 aliphatic rings. The van der Waals surface area contributed by atoms with Gasteiger partial charge in [0.15, 0.2) is 5.75 Å². The van der Waals surface area contributed by atoms with Crippen LogP contribution in [0.4, 0.5) is 0 Å². The van der Waals surface area contributed by atoms with E-state index >= 15 is 0 Å². The van der Waals surface area contributed by atoms with Gasteiger partial charge < -0.3 is 4.74 Å². The maximum absolute atomic E-state index is 5.69. The van der Waals surface area contributed by atoms with Gasteiger partial charge in [0, 0.05) is 18.3 Å². The summed E-state index contributed by atoms with van der Waals surface area (Å²) in [4.78, 5) is 0. The molecule has 0 aliphatic carbocycles. The molecule has 5 heteroatoms. The molecule has 0 spiro atoms. The van der Waals surface area contributed by atoms with Gasteiger partial charge in [0.2, 0.25) is 0 Å². The molecule has 0 saturated carbocycles. The fourth-order valence-corrected chi connectivity index (χ4v) is 1.72. The Bertz CT molecular complexity index is 515. The molecular formula is C14H22N4O. The maximum Gasteiger partial charge on any atom is 0.157 e. The van der Waals surface area contributed by atoms with Crippen LogP contribution in [-0.2, 0) is 6.61 Å². The van der Waals surface area contributed by atoms with Crippen LogP contribution >= 0.6 is 0 Å². The van der Waals surface area contributed by atoms with E-state index in [1.807, 2.05) is 27.8 Å². The Morgan fingerprint density at radius 2 is 2.05 bits per heavy atom. The quantitative estimate of drug-likeness (QED) is 0.803. The third kappa shape index (κ3) is 3.36. The SMILES string of the molecule is CCC(C)n1ccc(COc2cnn(C(C)C)c2)n1. The molecular weight excluding hydrogens is 240 g/mol. The minimum atomic E-state index is 0.349. The normalized spacial score (nSPS) is 12.9. The molecule has 5 nitrogen and oxygen atoms in total. The first-order valence-corrected chi connectivity index (χ1v) is 6.81. The molecule has 0 amide bonds. The standard InChI is InChI=1S/C14H22N4O/c1-5-12(4)17-7-6-13(16-17)10-19-14-8-15-18(9-14)11(2)3/h6-9,11-12H,5,10H2,1-4H3. The van der Waals surface area contributed by atoms with Crippen molar-refractivity contribution in [3.63, 3.8) is 0 Å². The van der Waals surface area contributed by atoms with Gasteiger partial charge in [0.1, 0.15) is 6.61 Å². The van der Waals surface area contributed by atoms with Crippen molar-refractivity contribution in [1.82, 2.24) is 19.6 Å². The van der Waals surface area contributed by atoms with Crippen LogP contribution in [0.5, 0.6) is 5.75 Å². The minimum absolute atomic E-state index is 0.349. The fraction of sp³-hybridized carbons (Fsp3) is 0.571. The lowest BCUT2D eigenvalue weighted by Gasteiger charge is -2.08. The van der Waals surface area contributed by atoms with Crippen molar-refractivity contribution >= 4 is 0 Å². The lowest BCUT2D eigenvalue weighted by atomic mass is 10.3. The topological polar surface area (TPSA) is 44.9 Å². The molecule has 0 N–H and O–H groups in total. The van der Waals surface area contributed by atoms with E-state index in [4.69, 9.17) is 4.74 Å². The second-order valence-corrected chi connectivity index (χ2v) is 5.08. The molecule has 2 rings (SSSR count). The first-order valence-electron chi connectivity index (χ1n) is 6.81. The summed E-state index contributed by atoms with van der Waals surface area (Å²) in [6, 6.07) is 2.78. The van der Waals surface area contributed by atoms with Gasteiger partial charge >= 0.3 is 0 Å². The third-order valence-corrected chi connectivity index (χ3v) is 3.20. The van der Waals surface area contributed by atoms with Crippen LogP contribution in [0, 0.1) is 0 Å². The van der Waals surface area contributed by atoms with Crippen LogP contribution in [0.1, 0.15) is 51.9 Å². The number of hydrogen-bond acceptors (Lipinski definition) is 3. The van der Waals surface area contributed by atoms with E-state index in [0.717, 1.165) is 17.9 Å². The van der Waals surface area contributed by atoms with Crippen molar-refractivity contribution in [3.8, 4) is 5.75 Å². The molecule has 1 unspecified atom stereocenters. The largest absolute Gasteiger partial charge is 0.484 e. The third-order valence-electron chi connectivity index (χ3n) is 3.20. The summed E-state index contributed by atoms with van der Waals surface area (Å²) in [7, 11) is 0. The molecule has 2 aromatic heterocycles.